The fourth-order valence-electron chi connectivity index (χ4n) is 2.29. The number of ether oxygens (including phenoxy) is 1. The van der Waals surface area contributed by atoms with Crippen molar-refractivity contribution in [3.63, 3.8) is 0 Å². The molecular weight excluding hydrogens is 230 g/mol. The van der Waals surface area contributed by atoms with Crippen molar-refractivity contribution >= 4 is 0 Å². The zero-order valence-corrected chi connectivity index (χ0v) is 11.1. The molecule has 0 aliphatic carbocycles. The average molecular weight is 251 g/mol. The summed E-state index contributed by atoms with van der Waals surface area (Å²) in [4.78, 5) is 19.5. The van der Waals surface area contributed by atoms with Crippen LogP contribution in [0.4, 0.5) is 0 Å². The van der Waals surface area contributed by atoms with Gasteiger partial charge in [-0.15, -0.1) is 0 Å². The minimum atomic E-state index is -0.0899. The number of hydrogen-bond acceptors (Lipinski definition) is 4. The molecule has 18 heavy (non-hydrogen) atoms. The summed E-state index contributed by atoms with van der Waals surface area (Å²) >= 11 is 0. The van der Waals surface area contributed by atoms with E-state index < -0.39 is 0 Å². The van der Waals surface area contributed by atoms with Gasteiger partial charge in [0.05, 0.1) is 11.3 Å². The molecule has 100 valence electrons. The van der Waals surface area contributed by atoms with E-state index in [0.29, 0.717) is 19.0 Å². The first kappa shape index (κ1) is 13.2. The van der Waals surface area contributed by atoms with Gasteiger partial charge in [0.15, 0.2) is 0 Å². The van der Waals surface area contributed by atoms with Crippen LogP contribution in [0.15, 0.2) is 4.79 Å². The maximum atomic E-state index is 12.0. The number of hydrogen-bond donors (Lipinski definition) is 2. The number of H-pyrrole nitrogens is 1. The third-order valence-electron chi connectivity index (χ3n) is 3.18. The molecule has 0 saturated carbocycles. The van der Waals surface area contributed by atoms with Crippen molar-refractivity contribution in [2.24, 2.45) is 0 Å². The molecule has 2 rings (SSSR count). The summed E-state index contributed by atoms with van der Waals surface area (Å²) in [5.41, 5.74) is 1.67. The maximum absolute atomic E-state index is 12.0. The molecule has 0 radical (unpaired) electrons. The van der Waals surface area contributed by atoms with Gasteiger partial charge in [0.2, 0.25) is 0 Å². The molecule has 5 nitrogen and oxygen atoms in total. The molecule has 0 fully saturated rings. The highest BCUT2D eigenvalue weighted by Crippen LogP contribution is 2.19. The molecule has 1 atom stereocenters. The Bertz CT molecular complexity index is 450. The molecule has 0 saturated heterocycles. The van der Waals surface area contributed by atoms with E-state index in [1.807, 2.05) is 6.92 Å². The Kier molecular flexibility index (Phi) is 4.49. The van der Waals surface area contributed by atoms with Gasteiger partial charge in [-0.05, 0) is 13.3 Å². The molecule has 1 aromatic heterocycles. The van der Waals surface area contributed by atoms with Crippen molar-refractivity contribution in [1.29, 1.82) is 0 Å². The SMILES string of the molecule is CCCC(OCC)c1nc2c(c(=O)[nH]1)CNCC2. The summed E-state index contributed by atoms with van der Waals surface area (Å²) in [5, 5.41) is 3.19. The first-order valence-corrected chi connectivity index (χ1v) is 6.70. The third kappa shape index (κ3) is 2.79. The van der Waals surface area contributed by atoms with Crippen LogP contribution in [0.1, 0.15) is 49.9 Å². The zero-order valence-electron chi connectivity index (χ0n) is 11.1. The highest BCUT2D eigenvalue weighted by molar-refractivity contribution is 5.21. The molecular formula is C13H21N3O2. The van der Waals surface area contributed by atoms with E-state index in [1.165, 1.54) is 0 Å². The second kappa shape index (κ2) is 6.11. The van der Waals surface area contributed by atoms with Crippen LogP contribution in [-0.2, 0) is 17.7 Å². The molecule has 2 heterocycles. The Morgan fingerprint density at radius 2 is 2.28 bits per heavy atom. The van der Waals surface area contributed by atoms with Crippen LogP contribution in [0.2, 0.25) is 0 Å². The summed E-state index contributed by atoms with van der Waals surface area (Å²) in [7, 11) is 0. The van der Waals surface area contributed by atoms with Crippen LogP contribution in [0.25, 0.3) is 0 Å². The van der Waals surface area contributed by atoms with Gasteiger partial charge in [0.25, 0.3) is 5.56 Å². The first-order chi connectivity index (χ1) is 8.76. The van der Waals surface area contributed by atoms with Crippen molar-refractivity contribution < 1.29 is 4.74 Å². The molecule has 0 aromatic carbocycles. The lowest BCUT2D eigenvalue weighted by Crippen LogP contribution is -2.32. The standard InChI is InChI=1S/C13H21N3O2/c1-3-5-11(18-4-2)12-15-10-6-7-14-8-9(10)13(17)16-12/h11,14H,3-8H2,1-2H3,(H,15,16,17). The number of aromatic amines is 1. The van der Waals surface area contributed by atoms with Crippen LogP contribution >= 0.6 is 0 Å². The van der Waals surface area contributed by atoms with Crippen LogP contribution in [0, 0.1) is 0 Å². The van der Waals surface area contributed by atoms with Crippen LogP contribution < -0.4 is 10.9 Å². The molecule has 2 N–H and O–H groups in total. The molecule has 1 aliphatic heterocycles. The van der Waals surface area contributed by atoms with Crippen molar-refractivity contribution in [2.75, 3.05) is 13.2 Å². The number of fused-ring (bicyclic) bond motifs is 1. The van der Waals surface area contributed by atoms with E-state index in [1.54, 1.807) is 0 Å². The van der Waals surface area contributed by atoms with Crippen LogP contribution in [-0.4, -0.2) is 23.1 Å². The fourth-order valence-corrected chi connectivity index (χ4v) is 2.29. The quantitative estimate of drug-likeness (QED) is 0.827. The Morgan fingerprint density at radius 1 is 1.44 bits per heavy atom. The van der Waals surface area contributed by atoms with E-state index >= 15 is 0 Å². The minimum absolute atomic E-state index is 0.0250. The third-order valence-corrected chi connectivity index (χ3v) is 3.18. The lowest BCUT2D eigenvalue weighted by Gasteiger charge is -2.20. The highest BCUT2D eigenvalue weighted by atomic mass is 16.5. The molecule has 0 spiro atoms. The lowest BCUT2D eigenvalue weighted by atomic mass is 10.1. The first-order valence-electron chi connectivity index (χ1n) is 6.70. The van der Waals surface area contributed by atoms with Crippen LogP contribution in [0.5, 0.6) is 0 Å². The van der Waals surface area contributed by atoms with Gasteiger partial charge in [-0.3, -0.25) is 4.79 Å². The summed E-state index contributed by atoms with van der Waals surface area (Å²) in [6.07, 6.45) is 2.62. The number of rotatable bonds is 5. The Hall–Kier alpha value is -1.20. The van der Waals surface area contributed by atoms with Crippen molar-refractivity contribution in [3.05, 3.63) is 27.4 Å². The minimum Gasteiger partial charge on any atom is -0.371 e. The van der Waals surface area contributed by atoms with Gasteiger partial charge in [0, 0.05) is 26.1 Å². The van der Waals surface area contributed by atoms with E-state index in [9.17, 15) is 4.79 Å². The average Bonchev–Trinajstić information content (AvgIpc) is 2.38. The summed E-state index contributed by atoms with van der Waals surface area (Å²) in [5.74, 6) is 0.685. The number of aromatic nitrogens is 2. The number of nitrogens with one attached hydrogen (secondary N) is 2. The smallest absolute Gasteiger partial charge is 0.255 e. The van der Waals surface area contributed by atoms with Crippen molar-refractivity contribution in [3.8, 4) is 0 Å². The Morgan fingerprint density at radius 3 is 3.00 bits per heavy atom. The normalized spacial score (nSPS) is 16.3. The lowest BCUT2D eigenvalue weighted by molar-refractivity contribution is 0.0489. The van der Waals surface area contributed by atoms with Crippen LogP contribution in [0.3, 0.4) is 0 Å². The highest BCUT2D eigenvalue weighted by Gasteiger charge is 2.19. The van der Waals surface area contributed by atoms with E-state index in [2.05, 4.69) is 22.2 Å². The van der Waals surface area contributed by atoms with Gasteiger partial charge < -0.3 is 15.0 Å². The largest absolute Gasteiger partial charge is 0.371 e. The van der Waals surface area contributed by atoms with Gasteiger partial charge in [0.1, 0.15) is 11.9 Å². The van der Waals surface area contributed by atoms with E-state index in [-0.39, 0.29) is 11.7 Å². The molecule has 1 unspecified atom stereocenters. The molecule has 1 aliphatic rings. The predicted molar refractivity (Wildman–Crippen MR) is 69.5 cm³/mol. The summed E-state index contributed by atoms with van der Waals surface area (Å²) in [6.45, 7) is 6.20. The predicted octanol–water partition coefficient (Wildman–Crippen LogP) is 1.29. The monoisotopic (exact) mass is 251 g/mol. The van der Waals surface area contributed by atoms with Gasteiger partial charge in [-0.25, -0.2) is 4.98 Å². The van der Waals surface area contributed by atoms with Gasteiger partial charge in [-0.1, -0.05) is 13.3 Å². The Balaban J connectivity index is 2.32. The van der Waals surface area contributed by atoms with Gasteiger partial charge >= 0.3 is 0 Å². The fraction of sp³-hybridized carbons (Fsp3) is 0.692. The van der Waals surface area contributed by atoms with Crippen molar-refractivity contribution in [2.45, 2.75) is 45.8 Å². The van der Waals surface area contributed by atoms with E-state index in [0.717, 1.165) is 37.1 Å². The number of nitrogens with zero attached hydrogens (tertiary/aromatic N) is 1. The van der Waals surface area contributed by atoms with Crippen molar-refractivity contribution in [1.82, 2.24) is 15.3 Å². The topological polar surface area (TPSA) is 67.0 Å². The second-order valence-electron chi connectivity index (χ2n) is 4.54. The molecule has 0 bridgehead atoms. The summed E-state index contributed by atoms with van der Waals surface area (Å²) in [6, 6.07) is 0. The molecule has 0 amide bonds. The second-order valence-corrected chi connectivity index (χ2v) is 4.54. The molecule has 5 heteroatoms. The maximum Gasteiger partial charge on any atom is 0.255 e. The van der Waals surface area contributed by atoms with E-state index in [4.69, 9.17) is 4.74 Å². The molecule has 1 aromatic rings. The Labute approximate surface area is 107 Å². The van der Waals surface area contributed by atoms with Gasteiger partial charge in [-0.2, -0.15) is 0 Å². The zero-order chi connectivity index (χ0) is 13.0. The summed E-state index contributed by atoms with van der Waals surface area (Å²) < 4.78 is 5.67.